The predicted molar refractivity (Wildman–Crippen MR) is 105 cm³/mol. The third-order valence-electron chi connectivity index (χ3n) is 4.30. The number of ether oxygens (including phenoxy) is 1. The molecule has 0 aromatic heterocycles. The van der Waals surface area contributed by atoms with Gasteiger partial charge in [-0.25, -0.2) is 9.18 Å². The molecule has 1 atom stereocenters. The van der Waals surface area contributed by atoms with Crippen molar-refractivity contribution in [2.75, 3.05) is 29.7 Å². The number of hydrogen-bond donors (Lipinski definition) is 2. The summed E-state index contributed by atoms with van der Waals surface area (Å²) in [6.07, 6.45) is -0.383. The number of benzene rings is 1. The van der Waals surface area contributed by atoms with Crippen LogP contribution in [-0.4, -0.2) is 55.6 Å². The van der Waals surface area contributed by atoms with Gasteiger partial charge in [0, 0.05) is 49.8 Å². The first-order valence-corrected chi connectivity index (χ1v) is 10.0. The Morgan fingerprint density at radius 2 is 2.00 bits per heavy atom. The maximum atomic E-state index is 15.1. The van der Waals surface area contributed by atoms with Gasteiger partial charge in [0.1, 0.15) is 17.0 Å². The van der Waals surface area contributed by atoms with E-state index in [0.29, 0.717) is 0 Å². The Kier molecular flexibility index (Phi) is 7.01. The molecule has 12 heteroatoms. The van der Waals surface area contributed by atoms with Crippen LogP contribution in [0.3, 0.4) is 0 Å². The van der Waals surface area contributed by atoms with Gasteiger partial charge in [-0.15, -0.1) is 0 Å². The summed E-state index contributed by atoms with van der Waals surface area (Å²) in [7, 11) is 0. The van der Waals surface area contributed by atoms with Crippen LogP contribution in [0.25, 0.3) is 0 Å². The van der Waals surface area contributed by atoms with Crippen molar-refractivity contribution in [1.29, 1.82) is 0 Å². The molecule has 1 unspecified atom stereocenters. The summed E-state index contributed by atoms with van der Waals surface area (Å²) in [5, 5.41) is 14.0. The van der Waals surface area contributed by atoms with Crippen LogP contribution in [0.15, 0.2) is 18.2 Å². The molecule has 10 nitrogen and oxygen atoms in total. The zero-order valence-electron chi connectivity index (χ0n) is 16.4. The van der Waals surface area contributed by atoms with Gasteiger partial charge in [-0.05, 0) is 32.9 Å². The molecule has 1 aromatic carbocycles. The lowest BCUT2D eigenvalue weighted by molar-refractivity contribution is -0.383. The number of anilines is 2. The Balaban J connectivity index is 1.98. The average Bonchev–Trinajstić information content (AvgIpc) is 2.59. The van der Waals surface area contributed by atoms with Gasteiger partial charge in [-0.1, -0.05) is 0 Å². The minimum Gasteiger partial charge on any atom is -0.755 e. The first-order valence-electron chi connectivity index (χ1n) is 8.94. The van der Waals surface area contributed by atoms with E-state index in [-0.39, 0.29) is 49.5 Å². The van der Waals surface area contributed by atoms with Crippen molar-refractivity contribution >= 4 is 34.4 Å². The van der Waals surface area contributed by atoms with Gasteiger partial charge in [0.25, 0.3) is 5.69 Å². The Bertz CT molecular complexity index is 793. The van der Waals surface area contributed by atoms with Crippen molar-refractivity contribution in [2.45, 2.75) is 44.9 Å². The molecule has 162 valence electrons. The fourth-order valence-corrected chi connectivity index (χ4v) is 3.16. The van der Waals surface area contributed by atoms with Crippen molar-refractivity contribution in [3.63, 3.8) is 0 Å². The molecule has 2 rings (SSSR count). The van der Waals surface area contributed by atoms with E-state index in [2.05, 4.69) is 5.32 Å². The fourth-order valence-electron chi connectivity index (χ4n) is 2.84. The Labute approximate surface area is 170 Å². The summed E-state index contributed by atoms with van der Waals surface area (Å²) in [5.74, 6) is 0. The van der Waals surface area contributed by atoms with E-state index >= 15 is 4.39 Å². The molecule has 1 fully saturated rings. The van der Waals surface area contributed by atoms with Crippen LogP contribution < -0.4 is 10.0 Å². The van der Waals surface area contributed by atoms with E-state index in [4.69, 9.17) is 4.74 Å². The predicted octanol–water partition coefficient (Wildman–Crippen LogP) is 2.95. The number of piperidine rings is 1. The highest BCUT2D eigenvalue weighted by Crippen LogP contribution is 2.32. The standard InChI is InChI=1S/C17H25FN4O6S/c1-16(2,3)28-15(23)21-8-6-17(18,7-9-21)11-19-13-5-4-12(20-29(26)27)10-14(13)22(24)25/h4-5,10,19-20H,6-9,11H2,1-3H3,(H,26,27)/p-1. The Hall–Kier alpha value is -2.47. The quantitative estimate of drug-likeness (QED) is 0.401. The number of alkyl halides is 1. The first-order chi connectivity index (χ1) is 13.4. The van der Waals surface area contributed by atoms with Crippen LogP contribution in [0.5, 0.6) is 0 Å². The number of nitro benzene ring substituents is 1. The van der Waals surface area contributed by atoms with Crippen LogP contribution >= 0.6 is 0 Å². The molecular weight excluding hydrogens is 407 g/mol. The molecule has 0 aliphatic carbocycles. The third-order valence-corrected chi connectivity index (χ3v) is 4.70. The maximum absolute atomic E-state index is 15.1. The van der Waals surface area contributed by atoms with Crippen LogP contribution in [0.1, 0.15) is 33.6 Å². The number of nitrogens with one attached hydrogen (secondary N) is 2. The molecule has 29 heavy (non-hydrogen) atoms. The number of nitro groups is 1. The number of rotatable bonds is 6. The van der Waals surface area contributed by atoms with Crippen molar-refractivity contribution in [3.8, 4) is 0 Å². The fraction of sp³-hybridized carbons (Fsp3) is 0.588. The summed E-state index contributed by atoms with van der Waals surface area (Å²) in [4.78, 5) is 24.1. The van der Waals surface area contributed by atoms with Gasteiger partial charge >= 0.3 is 6.09 Å². The molecule has 0 radical (unpaired) electrons. The monoisotopic (exact) mass is 431 g/mol. The average molecular weight is 431 g/mol. The van der Waals surface area contributed by atoms with Crippen LogP contribution in [-0.2, 0) is 16.0 Å². The van der Waals surface area contributed by atoms with Gasteiger partial charge in [-0.2, -0.15) is 0 Å². The first kappa shape index (κ1) is 22.8. The summed E-state index contributed by atoms with van der Waals surface area (Å²) in [5.41, 5.74) is -2.57. The van der Waals surface area contributed by atoms with E-state index in [1.54, 1.807) is 20.8 Å². The Morgan fingerprint density at radius 3 is 2.52 bits per heavy atom. The molecule has 0 saturated carbocycles. The highest BCUT2D eigenvalue weighted by Gasteiger charge is 2.37. The second-order valence-corrected chi connectivity index (χ2v) is 8.47. The third kappa shape index (κ3) is 6.82. The molecular formula is C17H24FN4O6S-. The molecule has 1 aromatic rings. The van der Waals surface area contributed by atoms with Gasteiger partial charge in [-0.3, -0.25) is 14.3 Å². The SMILES string of the molecule is CC(C)(C)OC(=O)N1CCC(F)(CNc2ccc(NS(=O)[O-])cc2[N+](=O)[O-])CC1. The van der Waals surface area contributed by atoms with E-state index in [0.717, 1.165) is 6.07 Å². The molecule has 0 bridgehead atoms. The van der Waals surface area contributed by atoms with Crippen LogP contribution in [0, 0.1) is 10.1 Å². The topological polar surface area (TPSA) is 137 Å². The number of halogens is 1. The summed E-state index contributed by atoms with van der Waals surface area (Å²) >= 11 is -2.62. The summed E-state index contributed by atoms with van der Waals surface area (Å²) in [6.45, 7) is 5.42. The lowest BCUT2D eigenvalue weighted by Gasteiger charge is -2.37. The van der Waals surface area contributed by atoms with Gasteiger partial charge in [0.15, 0.2) is 0 Å². The molecule has 1 heterocycles. The van der Waals surface area contributed by atoms with Gasteiger partial charge in [0.2, 0.25) is 0 Å². The summed E-state index contributed by atoms with van der Waals surface area (Å²) < 4.78 is 43.8. The highest BCUT2D eigenvalue weighted by atomic mass is 32.2. The van der Waals surface area contributed by atoms with E-state index in [1.807, 2.05) is 4.72 Å². The highest BCUT2D eigenvalue weighted by molar-refractivity contribution is 7.80. The molecule has 1 amide bonds. The number of amides is 1. The van der Waals surface area contributed by atoms with Crippen LogP contribution in [0.2, 0.25) is 0 Å². The number of carbonyl (C=O) groups is 1. The van der Waals surface area contributed by atoms with E-state index < -0.39 is 33.6 Å². The Morgan fingerprint density at radius 1 is 1.38 bits per heavy atom. The molecule has 1 aliphatic rings. The maximum Gasteiger partial charge on any atom is 0.410 e. The number of nitrogens with zero attached hydrogens (tertiary/aromatic N) is 2. The van der Waals surface area contributed by atoms with Gasteiger partial charge in [0.05, 0.1) is 10.6 Å². The summed E-state index contributed by atoms with van der Waals surface area (Å²) in [6, 6.07) is 3.70. The lowest BCUT2D eigenvalue weighted by Crippen LogP contribution is -2.48. The van der Waals surface area contributed by atoms with Crippen LogP contribution in [0.4, 0.5) is 26.2 Å². The number of likely N-dealkylation sites (tertiary alicyclic amines) is 1. The van der Waals surface area contributed by atoms with Crippen molar-refractivity contribution in [1.82, 2.24) is 4.90 Å². The number of hydrogen-bond acceptors (Lipinski definition) is 7. The van der Waals surface area contributed by atoms with Gasteiger partial charge < -0.3 is 24.2 Å². The molecule has 0 spiro atoms. The van der Waals surface area contributed by atoms with Crippen molar-refractivity contribution in [3.05, 3.63) is 28.3 Å². The lowest BCUT2D eigenvalue weighted by atomic mass is 9.93. The largest absolute Gasteiger partial charge is 0.755 e. The zero-order chi connectivity index (χ0) is 21.8. The van der Waals surface area contributed by atoms with Crippen molar-refractivity contribution in [2.24, 2.45) is 0 Å². The molecule has 1 aliphatic heterocycles. The minimum atomic E-state index is -2.62. The zero-order valence-corrected chi connectivity index (χ0v) is 17.2. The van der Waals surface area contributed by atoms with E-state index in [1.165, 1.54) is 17.0 Å². The minimum absolute atomic E-state index is 0.0243. The number of carbonyl (C=O) groups excluding carboxylic acids is 1. The second kappa shape index (κ2) is 8.91. The smallest absolute Gasteiger partial charge is 0.410 e. The van der Waals surface area contributed by atoms with E-state index in [9.17, 15) is 23.7 Å². The van der Waals surface area contributed by atoms with Crippen molar-refractivity contribution < 1.29 is 27.6 Å². The molecule has 1 saturated heterocycles. The second-order valence-electron chi connectivity index (χ2n) is 7.80. The normalized spacial score (nSPS) is 17.3. The molecule has 2 N–H and O–H groups in total.